The molecule has 1 unspecified atom stereocenters. The quantitative estimate of drug-likeness (QED) is 0.799. The molecule has 1 fully saturated rings. The third-order valence-electron chi connectivity index (χ3n) is 5.71. The molecule has 1 aromatic heterocycles. The molecule has 0 bridgehead atoms. The lowest BCUT2D eigenvalue weighted by Crippen LogP contribution is -2.19. The van der Waals surface area contributed by atoms with Gasteiger partial charge in [0.25, 0.3) is 0 Å². The van der Waals surface area contributed by atoms with E-state index in [0.29, 0.717) is 17.2 Å². The Morgan fingerprint density at radius 1 is 1.15 bits per heavy atom. The van der Waals surface area contributed by atoms with E-state index in [1.165, 1.54) is 0 Å². The first-order valence-corrected chi connectivity index (χ1v) is 9.63. The second kappa shape index (κ2) is 7.10. The van der Waals surface area contributed by atoms with Gasteiger partial charge in [0.1, 0.15) is 11.5 Å². The molecule has 1 N–H and O–H groups in total. The van der Waals surface area contributed by atoms with Crippen LogP contribution >= 0.6 is 0 Å². The summed E-state index contributed by atoms with van der Waals surface area (Å²) in [7, 11) is 0. The standard InChI is InChI=1S/C22H25NO3/c1-23-16-8-6-7-15(13-16)19(14-11-12-14)20-21(24)17-9-4-2-3-5-10-18(17)26-22(20)25/h6-8,13-14,19,24H,1-5,9-12H2. The molecule has 26 heavy (non-hydrogen) atoms. The number of aryl methyl sites for hydroxylation is 1. The number of aromatic hydroxyl groups is 1. The second-order valence-electron chi connectivity index (χ2n) is 7.54. The maximum atomic E-state index is 12.8. The Morgan fingerprint density at radius 2 is 1.92 bits per heavy atom. The third kappa shape index (κ3) is 3.20. The topological polar surface area (TPSA) is 62.8 Å². The van der Waals surface area contributed by atoms with Crippen LogP contribution < -0.4 is 5.63 Å². The van der Waals surface area contributed by atoms with Gasteiger partial charge in [0, 0.05) is 17.9 Å². The van der Waals surface area contributed by atoms with Gasteiger partial charge in [-0.3, -0.25) is 4.99 Å². The lowest BCUT2D eigenvalue weighted by atomic mass is 9.85. The normalized spacial score (nSPS) is 18.5. The molecular formula is C22H25NO3. The summed E-state index contributed by atoms with van der Waals surface area (Å²) in [6.45, 7) is 3.60. The van der Waals surface area contributed by atoms with Crippen LogP contribution in [0.2, 0.25) is 0 Å². The highest BCUT2D eigenvalue weighted by atomic mass is 16.4. The minimum Gasteiger partial charge on any atom is -0.507 e. The van der Waals surface area contributed by atoms with E-state index in [9.17, 15) is 9.90 Å². The molecule has 2 aliphatic carbocycles. The zero-order valence-corrected chi connectivity index (χ0v) is 15.0. The summed E-state index contributed by atoms with van der Waals surface area (Å²) in [4.78, 5) is 16.9. The first kappa shape index (κ1) is 17.1. The number of nitrogens with zero attached hydrogens (tertiary/aromatic N) is 1. The first-order chi connectivity index (χ1) is 12.7. The predicted octanol–water partition coefficient (Wildman–Crippen LogP) is 4.88. The third-order valence-corrected chi connectivity index (χ3v) is 5.71. The smallest absolute Gasteiger partial charge is 0.343 e. The van der Waals surface area contributed by atoms with Crippen LogP contribution in [0, 0.1) is 5.92 Å². The number of benzene rings is 1. The zero-order chi connectivity index (χ0) is 18.1. The Kier molecular flexibility index (Phi) is 4.66. The van der Waals surface area contributed by atoms with Gasteiger partial charge >= 0.3 is 5.63 Å². The minimum absolute atomic E-state index is 0.135. The van der Waals surface area contributed by atoms with Gasteiger partial charge in [-0.05, 0) is 62.4 Å². The molecule has 2 aromatic rings. The van der Waals surface area contributed by atoms with Crippen molar-refractivity contribution < 1.29 is 9.52 Å². The van der Waals surface area contributed by atoms with Gasteiger partial charge < -0.3 is 9.52 Å². The van der Waals surface area contributed by atoms with Crippen molar-refractivity contribution in [2.24, 2.45) is 10.9 Å². The van der Waals surface area contributed by atoms with Gasteiger partial charge in [-0.15, -0.1) is 0 Å². The molecule has 0 radical (unpaired) electrons. The average Bonchev–Trinajstić information content (AvgIpc) is 3.45. The van der Waals surface area contributed by atoms with E-state index in [1.807, 2.05) is 24.3 Å². The minimum atomic E-state index is -0.379. The largest absolute Gasteiger partial charge is 0.507 e. The van der Waals surface area contributed by atoms with E-state index < -0.39 is 0 Å². The van der Waals surface area contributed by atoms with Crippen molar-refractivity contribution in [1.29, 1.82) is 0 Å². The van der Waals surface area contributed by atoms with Gasteiger partial charge in [0.2, 0.25) is 0 Å². The Morgan fingerprint density at radius 3 is 2.65 bits per heavy atom. The fourth-order valence-corrected chi connectivity index (χ4v) is 4.22. The van der Waals surface area contributed by atoms with Crippen molar-refractivity contribution in [2.75, 3.05) is 0 Å². The Balaban J connectivity index is 1.85. The molecule has 0 amide bonds. The molecule has 0 spiro atoms. The Bertz CT molecular complexity index is 879. The molecule has 1 aromatic carbocycles. The fourth-order valence-electron chi connectivity index (χ4n) is 4.22. The molecule has 0 saturated heterocycles. The Hall–Kier alpha value is -2.36. The highest BCUT2D eigenvalue weighted by Gasteiger charge is 2.38. The van der Waals surface area contributed by atoms with E-state index in [2.05, 4.69) is 11.7 Å². The van der Waals surface area contributed by atoms with E-state index in [-0.39, 0.29) is 17.3 Å². The molecule has 4 heteroatoms. The van der Waals surface area contributed by atoms with Gasteiger partial charge in [-0.2, -0.15) is 0 Å². The number of hydrogen-bond donors (Lipinski definition) is 1. The molecule has 2 aliphatic rings. The van der Waals surface area contributed by atoms with Crippen LogP contribution in [0.1, 0.15) is 66.9 Å². The number of aliphatic imine (C=N–C) groups is 1. The summed E-state index contributed by atoms with van der Waals surface area (Å²) in [6, 6.07) is 7.79. The molecule has 4 nitrogen and oxygen atoms in total. The molecule has 0 aliphatic heterocycles. The van der Waals surface area contributed by atoms with Crippen LogP contribution in [-0.4, -0.2) is 11.8 Å². The van der Waals surface area contributed by atoms with E-state index in [1.54, 1.807) is 0 Å². The SMILES string of the molecule is C=Nc1cccc(C(c2c(O)c3c(oc2=O)CCCCCC3)C2CC2)c1. The van der Waals surface area contributed by atoms with Crippen molar-refractivity contribution in [3.63, 3.8) is 0 Å². The van der Waals surface area contributed by atoms with Crippen LogP contribution in [0.25, 0.3) is 0 Å². The van der Waals surface area contributed by atoms with Crippen molar-refractivity contribution in [3.05, 3.63) is 57.1 Å². The highest BCUT2D eigenvalue weighted by Crippen LogP contribution is 2.49. The van der Waals surface area contributed by atoms with E-state index >= 15 is 0 Å². The fraction of sp³-hybridized carbons (Fsp3) is 0.455. The van der Waals surface area contributed by atoms with Crippen LogP contribution in [0.3, 0.4) is 0 Å². The molecule has 136 valence electrons. The predicted molar refractivity (Wildman–Crippen MR) is 103 cm³/mol. The first-order valence-electron chi connectivity index (χ1n) is 9.63. The van der Waals surface area contributed by atoms with Gasteiger partial charge in [0.05, 0.1) is 11.3 Å². The lowest BCUT2D eigenvalue weighted by molar-refractivity contribution is 0.382. The summed E-state index contributed by atoms with van der Waals surface area (Å²) in [5, 5.41) is 11.1. The van der Waals surface area contributed by atoms with Crippen molar-refractivity contribution in [1.82, 2.24) is 0 Å². The van der Waals surface area contributed by atoms with Crippen molar-refractivity contribution in [3.8, 4) is 5.75 Å². The molecule has 1 atom stereocenters. The van der Waals surface area contributed by atoms with Gasteiger partial charge in [-0.1, -0.05) is 25.0 Å². The maximum absolute atomic E-state index is 12.8. The second-order valence-corrected chi connectivity index (χ2v) is 7.54. The summed E-state index contributed by atoms with van der Waals surface area (Å²) < 4.78 is 5.73. The van der Waals surface area contributed by atoms with Crippen LogP contribution in [0.15, 0.2) is 38.5 Å². The number of hydrogen-bond acceptors (Lipinski definition) is 4. The Labute approximate surface area is 153 Å². The van der Waals surface area contributed by atoms with Crippen molar-refractivity contribution in [2.45, 2.75) is 57.3 Å². The van der Waals surface area contributed by atoms with Crippen LogP contribution in [-0.2, 0) is 12.8 Å². The monoisotopic (exact) mass is 351 g/mol. The zero-order valence-electron chi connectivity index (χ0n) is 15.0. The van der Waals surface area contributed by atoms with Crippen LogP contribution in [0.5, 0.6) is 5.75 Å². The summed E-state index contributed by atoms with van der Waals surface area (Å²) in [6.07, 6.45) is 7.99. The summed E-state index contributed by atoms with van der Waals surface area (Å²) in [5.41, 5.74) is 2.70. The van der Waals surface area contributed by atoms with E-state index in [0.717, 1.165) is 68.2 Å². The van der Waals surface area contributed by atoms with Gasteiger partial charge in [0.15, 0.2) is 0 Å². The number of rotatable bonds is 4. The van der Waals surface area contributed by atoms with E-state index in [4.69, 9.17) is 4.42 Å². The summed E-state index contributed by atoms with van der Waals surface area (Å²) in [5.74, 6) is 1.10. The molecule has 4 rings (SSSR count). The maximum Gasteiger partial charge on any atom is 0.343 e. The van der Waals surface area contributed by atoms with Crippen LogP contribution in [0.4, 0.5) is 5.69 Å². The number of fused-ring (bicyclic) bond motifs is 1. The molecule has 1 saturated carbocycles. The lowest BCUT2D eigenvalue weighted by Gasteiger charge is -2.21. The molecular weight excluding hydrogens is 326 g/mol. The van der Waals surface area contributed by atoms with Gasteiger partial charge in [-0.25, -0.2) is 4.79 Å². The molecule has 1 heterocycles. The summed E-state index contributed by atoms with van der Waals surface area (Å²) >= 11 is 0. The average molecular weight is 351 g/mol. The highest BCUT2D eigenvalue weighted by molar-refractivity contribution is 5.52. The van der Waals surface area contributed by atoms with Crippen molar-refractivity contribution >= 4 is 12.4 Å².